The van der Waals surface area contributed by atoms with Gasteiger partial charge in [-0.1, -0.05) is 11.6 Å². The van der Waals surface area contributed by atoms with Gasteiger partial charge in [-0.25, -0.2) is 8.78 Å². The third-order valence-electron chi connectivity index (χ3n) is 2.02. The molecule has 94 valence electrons. The largest absolute Gasteiger partial charge is 0.469 e. The highest BCUT2D eigenvalue weighted by Gasteiger charge is 2.18. The molecule has 1 heterocycles. The van der Waals surface area contributed by atoms with Crippen LogP contribution in [0.5, 0.6) is 0 Å². The van der Waals surface area contributed by atoms with Crippen molar-refractivity contribution < 1.29 is 18.3 Å². The number of carbonyl (C=O) groups excluding carboxylic acids is 1. The van der Waals surface area contributed by atoms with Crippen molar-refractivity contribution >= 4 is 29.2 Å². The number of aromatic nitrogens is 1. The first-order valence-corrected chi connectivity index (χ1v) is 5.50. The van der Waals surface area contributed by atoms with Crippen LogP contribution in [0.15, 0.2) is 6.07 Å². The molecule has 0 unspecified atom stereocenters. The highest BCUT2D eigenvalue weighted by molar-refractivity contribution is 6.32. The van der Waals surface area contributed by atoms with E-state index in [1.54, 1.807) is 0 Å². The Morgan fingerprint density at radius 1 is 1.59 bits per heavy atom. The van der Waals surface area contributed by atoms with Crippen molar-refractivity contribution in [1.82, 2.24) is 4.98 Å². The second-order valence-corrected chi connectivity index (χ2v) is 3.80. The number of hydrogen-bond acceptors (Lipinski definition) is 3. The number of alkyl halides is 3. The second kappa shape index (κ2) is 6.12. The minimum Gasteiger partial charge on any atom is -0.469 e. The maximum atomic E-state index is 12.7. The molecule has 1 rings (SSSR count). The Balaban J connectivity index is 3.15. The molecule has 1 aromatic rings. The fourth-order valence-electron chi connectivity index (χ4n) is 1.22. The first-order valence-electron chi connectivity index (χ1n) is 4.58. The molecule has 0 amide bonds. The van der Waals surface area contributed by atoms with Crippen LogP contribution < -0.4 is 0 Å². The Hall–Kier alpha value is -0.940. The molecule has 0 saturated heterocycles. The maximum Gasteiger partial charge on any atom is 0.311 e. The molecule has 0 saturated carbocycles. The van der Waals surface area contributed by atoms with Gasteiger partial charge >= 0.3 is 5.97 Å². The Kier molecular flexibility index (Phi) is 5.08. The topological polar surface area (TPSA) is 39.2 Å². The summed E-state index contributed by atoms with van der Waals surface area (Å²) >= 11 is 11.2. The van der Waals surface area contributed by atoms with E-state index in [-0.39, 0.29) is 34.3 Å². The lowest BCUT2D eigenvalue weighted by Gasteiger charge is -2.09. The molecule has 0 aliphatic heterocycles. The summed E-state index contributed by atoms with van der Waals surface area (Å²) in [7, 11) is 1.20. The van der Waals surface area contributed by atoms with Gasteiger partial charge in [-0.3, -0.25) is 9.78 Å². The van der Waals surface area contributed by atoms with E-state index >= 15 is 0 Å². The number of halogens is 4. The summed E-state index contributed by atoms with van der Waals surface area (Å²) in [5.41, 5.74) is -0.0894. The maximum absolute atomic E-state index is 12.7. The van der Waals surface area contributed by atoms with Crippen molar-refractivity contribution in [3.8, 4) is 0 Å². The first-order chi connectivity index (χ1) is 7.99. The summed E-state index contributed by atoms with van der Waals surface area (Å²) in [6.07, 6.45) is -2.94. The molecule has 0 atom stereocenters. The highest BCUT2D eigenvalue weighted by Crippen LogP contribution is 2.30. The molecular weight excluding hydrogens is 275 g/mol. The smallest absolute Gasteiger partial charge is 0.311 e. The van der Waals surface area contributed by atoms with E-state index in [2.05, 4.69) is 9.72 Å². The Morgan fingerprint density at radius 2 is 2.24 bits per heavy atom. The van der Waals surface area contributed by atoms with Gasteiger partial charge in [0.05, 0.1) is 35.8 Å². The molecule has 17 heavy (non-hydrogen) atoms. The Bertz CT molecular complexity index is 427. The molecule has 1 aromatic heterocycles. The molecule has 0 aromatic carbocycles. The minimum absolute atomic E-state index is 0.104. The molecule has 0 aliphatic rings. The molecule has 0 bridgehead atoms. The predicted octanol–water partition coefficient (Wildman–Crippen LogP) is 3.13. The van der Waals surface area contributed by atoms with Crippen LogP contribution in [0.4, 0.5) is 8.78 Å². The number of methoxy groups -OCH3 is 1. The zero-order valence-corrected chi connectivity index (χ0v) is 10.4. The van der Waals surface area contributed by atoms with Gasteiger partial charge in [-0.2, -0.15) is 0 Å². The number of ether oxygens (including phenoxy) is 1. The normalized spacial score (nSPS) is 10.7. The van der Waals surface area contributed by atoms with Crippen molar-refractivity contribution in [2.24, 2.45) is 0 Å². The fourth-order valence-corrected chi connectivity index (χ4v) is 1.73. The molecule has 7 heteroatoms. The van der Waals surface area contributed by atoms with Gasteiger partial charge in [0, 0.05) is 5.56 Å². The van der Waals surface area contributed by atoms with Crippen molar-refractivity contribution in [2.75, 3.05) is 7.11 Å². The molecule has 0 N–H and O–H groups in total. The van der Waals surface area contributed by atoms with E-state index in [1.807, 2.05) is 0 Å². The molecule has 0 fully saturated rings. The first kappa shape index (κ1) is 14.1. The number of nitrogens with zero attached hydrogens (tertiary/aromatic N) is 1. The van der Waals surface area contributed by atoms with Gasteiger partial charge in [0.25, 0.3) is 6.43 Å². The molecule has 0 aliphatic carbocycles. The van der Waals surface area contributed by atoms with Crippen LogP contribution in [0.1, 0.15) is 23.4 Å². The lowest BCUT2D eigenvalue weighted by Crippen LogP contribution is -2.08. The van der Waals surface area contributed by atoms with E-state index in [1.165, 1.54) is 7.11 Å². The summed E-state index contributed by atoms with van der Waals surface area (Å²) in [6.45, 7) is 0. The van der Waals surface area contributed by atoms with Crippen molar-refractivity contribution in [3.05, 3.63) is 28.0 Å². The SMILES string of the molecule is COC(=O)Cc1cc(C(F)F)c(Cl)c(CCl)n1. The number of hydrogen-bond donors (Lipinski definition) is 0. The van der Waals surface area contributed by atoms with Crippen LogP contribution in [0.3, 0.4) is 0 Å². The van der Waals surface area contributed by atoms with E-state index in [0.29, 0.717) is 0 Å². The van der Waals surface area contributed by atoms with Crippen LogP contribution >= 0.6 is 23.2 Å². The van der Waals surface area contributed by atoms with Gasteiger partial charge in [0.2, 0.25) is 0 Å². The number of esters is 1. The molecular formula is C10H9Cl2F2NO2. The van der Waals surface area contributed by atoms with Crippen molar-refractivity contribution in [3.63, 3.8) is 0 Å². The van der Waals surface area contributed by atoms with Gasteiger partial charge < -0.3 is 4.74 Å². The summed E-state index contributed by atoms with van der Waals surface area (Å²) in [6, 6.07) is 1.08. The van der Waals surface area contributed by atoms with Crippen LogP contribution in [0.2, 0.25) is 5.02 Å². The number of pyridine rings is 1. The summed E-state index contributed by atoms with van der Waals surface area (Å²) in [5, 5.41) is -0.163. The van der Waals surface area contributed by atoms with Gasteiger partial charge in [-0.15, -0.1) is 11.6 Å². The third-order valence-corrected chi connectivity index (χ3v) is 2.71. The van der Waals surface area contributed by atoms with Crippen LogP contribution in [-0.2, 0) is 21.8 Å². The summed E-state index contributed by atoms with van der Waals surface area (Å²) in [5.74, 6) is -0.673. The van der Waals surface area contributed by atoms with E-state index in [0.717, 1.165) is 6.07 Å². The Morgan fingerprint density at radius 3 is 2.71 bits per heavy atom. The van der Waals surface area contributed by atoms with E-state index in [4.69, 9.17) is 23.2 Å². The standard InChI is InChI=1S/C10H9Cl2F2NO2/c1-17-8(16)3-5-2-6(10(13)14)9(12)7(4-11)15-5/h2,10H,3-4H2,1H3. The zero-order chi connectivity index (χ0) is 13.0. The second-order valence-electron chi connectivity index (χ2n) is 3.15. The van der Waals surface area contributed by atoms with Crippen molar-refractivity contribution in [1.29, 1.82) is 0 Å². The van der Waals surface area contributed by atoms with E-state index < -0.39 is 12.4 Å². The lowest BCUT2D eigenvalue weighted by atomic mass is 10.1. The molecule has 3 nitrogen and oxygen atoms in total. The lowest BCUT2D eigenvalue weighted by molar-refractivity contribution is -0.139. The average molecular weight is 284 g/mol. The quantitative estimate of drug-likeness (QED) is 0.630. The molecule has 0 radical (unpaired) electrons. The van der Waals surface area contributed by atoms with Gasteiger partial charge in [-0.05, 0) is 6.07 Å². The zero-order valence-electron chi connectivity index (χ0n) is 8.84. The highest BCUT2D eigenvalue weighted by atomic mass is 35.5. The number of carbonyl (C=O) groups is 1. The molecule has 0 spiro atoms. The minimum atomic E-state index is -2.75. The third kappa shape index (κ3) is 3.51. The van der Waals surface area contributed by atoms with Crippen LogP contribution in [0.25, 0.3) is 0 Å². The van der Waals surface area contributed by atoms with E-state index in [9.17, 15) is 13.6 Å². The predicted molar refractivity (Wildman–Crippen MR) is 59.5 cm³/mol. The van der Waals surface area contributed by atoms with Crippen molar-refractivity contribution in [2.45, 2.75) is 18.7 Å². The van der Waals surface area contributed by atoms with Gasteiger partial charge in [0.15, 0.2) is 0 Å². The van der Waals surface area contributed by atoms with Gasteiger partial charge in [0.1, 0.15) is 0 Å². The van der Waals surface area contributed by atoms with Crippen LogP contribution in [0, 0.1) is 0 Å². The average Bonchev–Trinajstić information content (AvgIpc) is 2.30. The Labute approximate surface area is 107 Å². The summed E-state index contributed by atoms with van der Waals surface area (Å²) < 4.78 is 29.8. The van der Waals surface area contributed by atoms with Crippen LogP contribution in [-0.4, -0.2) is 18.1 Å². The monoisotopic (exact) mass is 283 g/mol. The number of rotatable bonds is 4. The summed E-state index contributed by atoms with van der Waals surface area (Å²) in [4.78, 5) is 15.0. The fraction of sp³-hybridized carbons (Fsp3) is 0.400.